The first kappa shape index (κ1) is 18.1. The minimum absolute atomic E-state index is 0.0762. The maximum atomic E-state index is 6.35. The number of nitrogens with zero attached hydrogens (tertiary/aromatic N) is 1. The molecule has 2 aromatic rings. The van der Waals surface area contributed by atoms with Crippen molar-refractivity contribution in [2.45, 2.75) is 26.4 Å². The fraction of sp³-hybridized carbons (Fsp3) is 0.278. The molecule has 0 unspecified atom stereocenters. The summed E-state index contributed by atoms with van der Waals surface area (Å²) in [5, 5.41) is 0.522. The van der Waals surface area contributed by atoms with Gasteiger partial charge in [-0.1, -0.05) is 24.6 Å². The van der Waals surface area contributed by atoms with Crippen LogP contribution >= 0.6 is 34.2 Å². The van der Waals surface area contributed by atoms with Gasteiger partial charge in [-0.3, -0.25) is 4.99 Å². The average Bonchev–Trinajstić information content (AvgIpc) is 2.54. The topological polar surface area (TPSA) is 30.8 Å². The highest BCUT2D eigenvalue weighted by Crippen LogP contribution is 2.37. The summed E-state index contributed by atoms with van der Waals surface area (Å²) in [6.07, 6.45) is 2.75. The first-order valence-electron chi connectivity index (χ1n) is 7.37. The highest BCUT2D eigenvalue weighted by molar-refractivity contribution is 14.1. The molecule has 1 atom stereocenters. The van der Waals surface area contributed by atoms with Crippen molar-refractivity contribution in [3.05, 3.63) is 50.6 Å². The Morgan fingerprint density at radius 3 is 2.74 bits per heavy atom. The number of hydrogen-bond acceptors (Lipinski definition) is 3. The van der Waals surface area contributed by atoms with E-state index in [-0.39, 0.29) is 6.10 Å². The summed E-state index contributed by atoms with van der Waals surface area (Å²) in [6, 6.07) is 11.7. The van der Waals surface area contributed by atoms with Crippen LogP contribution in [-0.4, -0.2) is 19.4 Å². The number of halogens is 2. The van der Waals surface area contributed by atoms with Gasteiger partial charge in [0.05, 0.1) is 23.9 Å². The van der Waals surface area contributed by atoms with E-state index in [1.807, 2.05) is 43.3 Å². The molecule has 0 amide bonds. The molecule has 0 saturated heterocycles. The van der Waals surface area contributed by atoms with E-state index in [9.17, 15) is 0 Å². The van der Waals surface area contributed by atoms with Gasteiger partial charge in [0.15, 0.2) is 11.5 Å². The van der Waals surface area contributed by atoms with Crippen molar-refractivity contribution in [3.63, 3.8) is 0 Å². The summed E-state index contributed by atoms with van der Waals surface area (Å²) in [7, 11) is 1.61. The lowest BCUT2D eigenvalue weighted by Gasteiger charge is -2.17. The number of ether oxygens (including phenoxy) is 2. The van der Waals surface area contributed by atoms with Crippen LogP contribution in [0.15, 0.2) is 41.4 Å². The third-order valence-electron chi connectivity index (χ3n) is 3.32. The Morgan fingerprint density at radius 1 is 1.30 bits per heavy atom. The molecule has 0 aliphatic rings. The second kappa shape index (κ2) is 8.55. The molecule has 0 saturated carbocycles. The molecule has 0 bridgehead atoms. The van der Waals surface area contributed by atoms with Crippen molar-refractivity contribution in [3.8, 4) is 11.5 Å². The van der Waals surface area contributed by atoms with Crippen molar-refractivity contribution in [1.82, 2.24) is 0 Å². The van der Waals surface area contributed by atoms with Crippen LogP contribution in [0.2, 0.25) is 5.02 Å². The largest absolute Gasteiger partial charge is 0.493 e. The SMILES string of the molecule is CC[C@@H](C)Oc1c(Cl)cc(C=Nc2cccc(I)c2)cc1OC. The van der Waals surface area contributed by atoms with E-state index in [2.05, 4.69) is 34.5 Å². The lowest BCUT2D eigenvalue weighted by molar-refractivity contribution is 0.208. The number of rotatable bonds is 6. The van der Waals surface area contributed by atoms with E-state index in [1.165, 1.54) is 0 Å². The second-order valence-electron chi connectivity index (χ2n) is 5.11. The first-order valence-corrected chi connectivity index (χ1v) is 8.83. The molecule has 0 spiro atoms. The molecule has 0 aromatic heterocycles. The Labute approximate surface area is 155 Å². The fourth-order valence-corrected chi connectivity index (χ4v) is 2.71. The molecule has 0 fully saturated rings. The molecule has 0 aliphatic heterocycles. The number of benzene rings is 2. The molecule has 5 heteroatoms. The van der Waals surface area contributed by atoms with Gasteiger partial charge in [-0.05, 0) is 71.8 Å². The van der Waals surface area contributed by atoms with Crippen LogP contribution in [0.5, 0.6) is 11.5 Å². The molecular weight excluding hydrogens is 425 g/mol. The third-order valence-corrected chi connectivity index (χ3v) is 4.27. The van der Waals surface area contributed by atoms with Crippen LogP contribution in [0.1, 0.15) is 25.8 Å². The van der Waals surface area contributed by atoms with E-state index in [0.717, 1.165) is 21.2 Å². The van der Waals surface area contributed by atoms with E-state index in [0.29, 0.717) is 16.5 Å². The average molecular weight is 444 g/mol. The Hall–Kier alpha value is -1.27. The lowest BCUT2D eigenvalue weighted by Crippen LogP contribution is -2.11. The highest BCUT2D eigenvalue weighted by Gasteiger charge is 2.13. The smallest absolute Gasteiger partial charge is 0.180 e. The van der Waals surface area contributed by atoms with Gasteiger partial charge >= 0.3 is 0 Å². The maximum absolute atomic E-state index is 6.35. The minimum Gasteiger partial charge on any atom is -0.493 e. The van der Waals surface area contributed by atoms with Crippen LogP contribution in [0.4, 0.5) is 5.69 Å². The summed E-state index contributed by atoms with van der Waals surface area (Å²) in [5.41, 5.74) is 1.76. The van der Waals surface area contributed by atoms with Gasteiger partial charge in [-0.25, -0.2) is 0 Å². The lowest BCUT2D eigenvalue weighted by atomic mass is 10.2. The van der Waals surface area contributed by atoms with Crippen molar-refractivity contribution >= 4 is 46.1 Å². The molecule has 23 heavy (non-hydrogen) atoms. The normalized spacial score (nSPS) is 12.4. The highest BCUT2D eigenvalue weighted by atomic mass is 127. The van der Waals surface area contributed by atoms with Gasteiger partial charge in [0.25, 0.3) is 0 Å². The van der Waals surface area contributed by atoms with Crippen LogP contribution in [0.25, 0.3) is 0 Å². The summed E-state index contributed by atoms with van der Waals surface area (Å²) >= 11 is 8.62. The molecule has 3 nitrogen and oxygen atoms in total. The van der Waals surface area contributed by atoms with Crippen molar-refractivity contribution in [2.24, 2.45) is 4.99 Å². The number of hydrogen-bond donors (Lipinski definition) is 0. The Balaban J connectivity index is 2.28. The van der Waals surface area contributed by atoms with E-state index >= 15 is 0 Å². The molecule has 2 aromatic carbocycles. The summed E-state index contributed by atoms with van der Waals surface area (Å²) in [6.45, 7) is 4.06. The summed E-state index contributed by atoms with van der Waals surface area (Å²) < 4.78 is 12.4. The van der Waals surface area contributed by atoms with E-state index in [1.54, 1.807) is 13.3 Å². The van der Waals surface area contributed by atoms with Crippen LogP contribution in [-0.2, 0) is 0 Å². The van der Waals surface area contributed by atoms with Gasteiger partial charge in [0.2, 0.25) is 0 Å². The summed E-state index contributed by atoms with van der Waals surface area (Å²) in [4.78, 5) is 4.48. The van der Waals surface area contributed by atoms with Crippen molar-refractivity contribution in [1.29, 1.82) is 0 Å². The third kappa shape index (κ3) is 5.11. The number of aliphatic imine (C=N–C) groups is 1. The van der Waals surface area contributed by atoms with Crippen LogP contribution < -0.4 is 9.47 Å². The zero-order chi connectivity index (χ0) is 16.8. The van der Waals surface area contributed by atoms with Crippen molar-refractivity contribution in [2.75, 3.05) is 7.11 Å². The fourth-order valence-electron chi connectivity index (χ4n) is 1.92. The van der Waals surface area contributed by atoms with Gasteiger partial charge in [0, 0.05) is 9.78 Å². The van der Waals surface area contributed by atoms with Gasteiger partial charge in [-0.15, -0.1) is 0 Å². The summed E-state index contributed by atoms with van der Waals surface area (Å²) in [5.74, 6) is 1.19. The Morgan fingerprint density at radius 2 is 2.09 bits per heavy atom. The second-order valence-corrected chi connectivity index (χ2v) is 6.76. The minimum atomic E-state index is 0.0762. The van der Waals surface area contributed by atoms with Crippen LogP contribution in [0, 0.1) is 3.57 Å². The van der Waals surface area contributed by atoms with Gasteiger partial charge < -0.3 is 9.47 Å². The molecule has 0 radical (unpaired) electrons. The van der Waals surface area contributed by atoms with Crippen LogP contribution in [0.3, 0.4) is 0 Å². The number of methoxy groups -OCH3 is 1. The molecule has 0 aliphatic carbocycles. The molecule has 0 heterocycles. The zero-order valence-corrected chi connectivity index (χ0v) is 16.3. The predicted molar refractivity (Wildman–Crippen MR) is 105 cm³/mol. The standard InChI is InChI=1S/C18H19ClINO2/c1-4-12(2)23-18-16(19)8-13(9-17(18)22-3)11-21-15-7-5-6-14(20)10-15/h5-12H,4H2,1-3H3/t12-/m1/s1. The zero-order valence-electron chi connectivity index (χ0n) is 13.3. The van der Waals surface area contributed by atoms with E-state index < -0.39 is 0 Å². The molecular formula is C18H19ClINO2. The predicted octanol–water partition coefficient (Wildman–Crippen LogP) is 5.88. The monoisotopic (exact) mass is 443 g/mol. The maximum Gasteiger partial charge on any atom is 0.180 e. The molecule has 0 N–H and O–H groups in total. The Kier molecular flexibility index (Phi) is 6.72. The van der Waals surface area contributed by atoms with Gasteiger partial charge in [0.1, 0.15) is 0 Å². The first-order chi connectivity index (χ1) is 11.0. The quantitative estimate of drug-likeness (QED) is 0.412. The van der Waals surface area contributed by atoms with Crippen molar-refractivity contribution < 1.29 is 9.47 Å². The van der Waals surface area contributed by atoms with E-state index in [4.69, 9.17) is 21.1 Å². The van der Waals surface area contributed by atoms with Gasteiger partial charge in [-0.2, -0.15) is 0 Å². The molecule has 122 valence electrons. The Bertz CT molecular complexity index is 703. The molecule has 2 rings (SSSR count).